The molecule has 1 amide bonds. The van der Waals surface area contributed by atoms with Crippen molar-refractivity contribution >= 4 is 5.91 Å². The zero-order valence-electron chi connectivity index (χ0n) is 12.1. The minimum absolute atomic E-state index is 0.0219. The number of ether oxygens (including phenoxy) is 1. The number of rotatable bonds is 6. The molecule has 0 aliphatic carbocycles. The Bertz CT molecular complexity index is 594. The van der Waals surface area contributed by atoms with Crippen LogP contribution in [0.2, 0.25) is 0 Å². The first-order chi connectivity index (χ1) is 10.2. The van der Waals surface area contributed by atoms with Crippen molar-refractivity contribution < 1.29 is 9.53 Å². The Morgan fingerprint density at radius 1 is 1.14 bits per heavy atom. The van der Waals surface area contributed by atoms with Gasteiger partial charge in [-0.05, 0) is 17.2 Å². The van der Waals surface area contributed by atoms with Crippen LogP contribution in [0.4, 0.5) is 0 Å². The summed E-state index contributed by atoms with van der Waals surface area (Å²) < 4.78 is 5.37. The van der Waals surface area contributed by atoms with Gasteiger partial charge in [0.15, 0.2) is 0 Å². The molecule has 21 heavy (non-hydrogen) atoms. The summed E-state index contributed by atoms with van der Waals surface area (Å²) in [5.74, 6) is 0.827. The predicted octanol–water partition coefficient (Wildman–Crippen LogP) is 2.33. The van der Waals surface area contributed by atoms with Gasteiger partial charge in [-0.25, -0.2) is 0 Å². The third-order valence-corrected chi connectivity index (χ3v) is 3.23. The highest BCUT2D eigenvalue weighted by Gasteiger charge is 2.05. The van der Waals surface area contributed by atoms with Crippen LogP contribution in [-0.2, 0) is 11.3 Å². The second-order valence-electron chi connectivity index (χ2n) is 4.71. The summed E-state index contributed by atoms with van der Waals surface area (Å²) in [7, 11) is 1.67. The van der Waals surface area contributed by atoms with Gasteiger partial charge in [0.1, 0.15) is 5.75 Å². The molecule has 4 nitrogen and oxygen atoms in total. The monoisotopic (exact) mass is 284 g/mol. The van der Waals surface area contributed by atoms with Crippen LogP contribution in [0.5, 0.6) is 5.75 Å². The lowest BCUT2D eigenvalue weighted by Crippen LogP contribution is -2.24. The van der Waals surface area contributed by atoms with E-state index in [0.717, 1.165) is 22.4 Å². The summed E-state index contributed by atoms with van der Waals surface area (Å²) in [5.41, 5.74) is 8.53. The molecule has 0 unspecified atom stereocenters. The molecule has 4 heteroatoms. The number of carbonyl (C=O) groups excluding carboxylic acids is 1. The lowest BCUT2D eigenvalue weighted by atomic mass is 10.0. The van der Waals surface area contributed by atoms with Gasteiger partial charge < -0.3 is 15.8 Å². The SMILES string of the molecule is COc1ccccc1-c1ccc(CNC(=O)CCN)cc1. The van der Waals surface area contributed by atoms with Crippen molar-refractivity contribution in [1.82, 2.24) is 5.32 Å². The molecule has 2 rings (SSSR count). The average molecular weight is 284 g/mol. The van der Waals surface area contributed by atoms with E-state index >= 15 is 0 Å². The van der Waals surface area contributed by atoms with Crippen LogP contribution < -0.4 is 15.8 Å². The van der Waals surface area contributed by atoms with Crippen LogP contribution in [0.3, 0.4) is 0 Å². The lowest BCUT2D eigenvalue weighted by molar-refractivity contribution is -0.121. The fourth-order valence-electron chi connectivity index (χ4n) is 2.11. The van der Waals surface area contributed by atoms with Crippen LogP contribution in [-0.4, -0.2) is 19.6 Å². The highest BCUT2D eigenvalue weighted by molar-refractivity contribution is 5.76. The van der Waals surface area contributed by atoms with Crippen molar-refractivity contribution in [2.75, 3.05) is 13.7 Å². The Hall–Kier alpha value is -2.33. The van der Waals surface area contributed by atoms with Crippen LogP contribution in [0.25, 0.3) is 11.1 Å². The molecule has 0 aliphatic heterocycles. The molecule has 0 radical (unpaired) electrons. The fraction of sp³-hybridized carbons (Fsp3) is 0.235. The molecule has 0 heterocycles. The summed E-state index contributed by atoms with van der Waals surface area (Å²) in [6.45, 7) is 0.892. The summed E-state index contributed by atoms with van der Waals surface area (Å²) in [6.07, 6.45) is 0.360. The maximum Gasteiger partial charge on any atom is 0.221 e. The van der Waals surface area contributed by atoms with Crippen LogP contribution in [0.1, 0.15) is 12.0 Å². The Kier molecular flexibility index (Phi) is 5.35. The standard InChI is InChI=1S/C17H20N2O2/c1-21-16-5-3-2-4-15(16)14-8-6-13(7-9-14)12-19-17(20)10-11-18/h2-9H,10-12,18H2,1H3,(H,19,20). The van der Waals surface area contributed by atoms with Gasteiger partial charge in [-0.2, -0.15) is 0 Å². The first-order valence-electron chi connectivity index (χ1n) is 6.93. The van der Waals surface area contributed by atoms with E-state index in [4.69, 9.17) is 10.5 Å². The van der Waals surface area contributed by atoms with E-state index in [9.17, 15) is 4.79 Å². The van der Waals surface area contributed by atoms with E-state index in [1.807, 2.05) is 48.5 Å². The van der Waals surface area contributed by atoms with E-state index in [0.29, 0.717) is 19.5 Å². The smallest absolute Gasteiger partial charge is 0.221 e. The number of hydrogen-bond acceptors (Lipinski definition) is 3. The molecule has 2 aromatic rings. The van der Waals surface area contributed by atoms with E-state index < -0.39 is 0 Å². The van der Waals surface area contributed by atoms with Crippen molar-refractivity contribution in [3.63, 3.8) is 0 Å². The van der Waals surface area contributed by atoms with E-state index in [1.165, 1.54) is 0 Å². The normalized spacial score (nSPS) is 10.2. The number of carbonyl (C=O) groups is 1. The van der Waals surface area contributed by atoms with Gasteiger partial charge in [0.05, 0.1) is 7.11 Å². The van der Waals surface area contributed by atoms with E-state index in [-0.39, 0.29) is 5.91 Å². The van der Waals surface area contributed by atoms with Crippen molar-refractivity contribution in [3.05, 3.63) is 54.1 Å². The number of hydrogen-bond donors (Lipinski definition) is 2. The summed E-state index contributed by atoms with van der Waals surface area (Å²) in [5, 5.41) is 2.84. The minimum atomic E-state index is -0.0219. The zero-order valence-corrected chi connectivity index (χ0v) is 12.1. The maximum atomic E-state index is 11.4. The largest absolute Gasteiger partial charge is 0.496 e. The summed E-state index contributed by atoms with van der Waals surface area (Å²) in [6, 6.07) is 16.0. The molecule has 0 saturated carbocycles. The highest BCUT2D eigenvalue weighted by Crippen LogP contribution is 2.29. The molecule has 0 spiro atoms. The topological polar surface area (TPSA) is 64.3 Å². The third kappa shape index (κ3) is 4.07. The number of para-hydroxylation sites is 1. The number of methoxy groups -OCH3 is 1. The number of nitrogens with one attached hydrogen (secondary N) is 1. The minimum Gasteiger partial charge on any atom is -0.496 e. The quantitative estimate of drug-likeness (QED) is 0.855. The van der Waals surface area contributed by atoms with Crippen LogP contribution in [0.15, 0.2) is 48.5 Å². The average Bonchev–Trinajstić information content (AvgIpc) is 2.54. The molecule has 110 valence electrons. The maximum absolute atomic E-state index is 11.4. The zero-order chi connectivity index (χ0) is 15.1. The van der Waals surface area contributed by atoms with Crippen LogP contribution >= 0.6 is 0 Å². The molecule has 3 N–H and O–H groups in total. The first-order valence-corrected chi connectivity index (χ1v) is 6.93. The van der Waals surface area contributed by atoms with Gasteiger partial charge in [0, 0.05) is 25.1 Å². The number of amides is 1. The summed E-state index contributed by atoms with van der Waals surface area (Å²) in [4.78, 5) is 11.4. The van der Waals surface area contributed by atoms with Gasteiger partial charge in [-0.1, -0.05) is 42.5 Å². The lowest BCUT2D eigenvalue weighted by Gasteiger charge is -2.09. The Labute approximate surface area is 124 Å². The second kappa shape index (κ2) is 7.45. The van der Waals surface area contributed by atoms with Gasteiger partial charge in [0.25, 0.3) is 0 Å². The molecule has 0 atom stereocenters. The molecular formula is C17H20N2O2. The molecular weight excluding hydrogens is 264 g/mol. The molecule has 0 bridgehead atoms. The number of nitrogens with two attached hydrogens (primary N) is 1. The van der Waals surface area contributed by atoms with Crippen LogP contribution in [0, 0.1) is 0 Å². The van der Waals surface area contributed by atoms with E-state index in [2.05, 4.69) is 5.32 Å². The van der Waals surface area contributed by atoms with Gasteiger partial charge in [-0.15, -0.1) is 0 Å². The van der Waals surface area contributed by atoms with Crippen molar-refractivity contribution in [1.29, 1.82) is 0 Å². The molecule has 0 aliphatic rings. The summed E-state index contributed by atoms with van der Waals surface area (Å²) >= 11 is 0. The Balaban J connectivity index is 2.07. The highest BCUT2D eigenvalue weighted by atomic mass is 16.5. The molecule has 0 fully saturated rings. The molecule has 0 aromatic heterocycles. The first kappa shape index (κ1) is 15.1. The molecule has 2 aromatic carbocycles. The predicted molar refractivity (Wildman–Crippen MR) is 83.9 cm³/mol. The second-order valence-corrected chi connectivity index (χ2v) is 4.71. The van der Waals surface area contributed by atoms with E-state index in [1.54, 1.807) is 7.11 Å². The third-order valence-electron chi connectivity index (χ3n) is 3.23. The van der Waals surface area contributed by atoms with Gasteiger partial charge in [-0.3, -0.25) is 4.79 Å². The van der Waals surface area contributed by atoms with Crippen molar-refractivity contribution in [2.24, 2.45) is 5.73 Å². The van der Waals surface area contributed by atoms with Gasteiger partial charge >= 0.3 is 0 Å². The molecule has 0 saturated heterocycles. The van der Waals surface area contributed by atoms with Crippen molar-refractivity contribution in [3.8, 4) is 16.9 Å². The Morgan fingerprint density at radius 3 is 2.52 bits per heavy atom. The van der Waals surface area contributed by atoms with Crippen molar-refractivity contribution in [2.45, 2.75) is 13.0 Å². The Morgan fingerprint density at radius 2 is 1.86 bits per heavy atom. The number of benzene rings is 2. The van der Waals surface area contributed by atoms with Gasteiger partial charge in [0.2, 0.25) is 5.91 Å². The fourth-order valence-corrected chi connectivity index (χ4v) is 2.11.